The molecule has 1 rings (SSSR count). The molecule has 0 aromatic heterocycles. The van der Waals surface area contributed by atoms with E-state index >= 15 is 0 Å². The minimum absolute atomic E-state index is 0.0866. The van der Waals surface area contributed by atoms with Crippen molar-refractivity contribution >= 4 is 10.0 Å². The monoisotopic (exact) mass is 227 g/mol. The molecule has 0 aliphatic rings. The SMILES string of the molecule is C#CCN(C)S(=O)(=O)c1ccccc1F. The maximum atomic E-state index is 13.2. The Morgan fingerprint density at radius 3 is 2.60 bits per heavy atom. The van der Waals surface area contributed by atoms with Crippen LogP contribution in [0.1, 0.15) is 0 Å². The highest BCUT2D eigenvalue weighted by atomic mass is 32.2. The van der Waals surface area contributed by atoms with Crippen LogP contribution >= 0.6 is 0 Å². The largest absolute Gasteiger partial charge is 0.246 e. The van der Waals surface area contributed by atoms with E-state index in [0.29, 0.717) is 0 Å². The van der Waals surface area contributed by atoms with Gasteiger partial charge in [0.05, 0.1) is 6.54 Å². The minimum Gasteiger partial charge on any atom is -0.207 e. The molecule has 1 aromatic rings. The first-order chi connectivity index (χ1) is 7.00. The van der Waals surface area contributed by atoms with Crippen LogP contribution in [-0.4, -0.2) is 26.3 Å². The molecule has 0 bridgehead atoms. The van der Waals surface area contributed by atoms with Gasteiger partial charge in [-0.1, -0.05) is 18.1 Å². The lowest BCUT2D eigenvalue weighted by Crippen LogP contribution is -2.27. The normalized spacial score (nSPS) is 11.3. The molecule has 80 valence electrons. The van der Waals surface area contributed by atoms with Crippen molar-refractivity contribution < 1.29 is 12.8 Å². The number of sulfonamides is 1. The zero-order valence-electron chi connectivity index (χ0n) is 8.14. The van der Waals surface area contributed by atoms with Crippen molar-refractivity contribution in [2.24, 2.45) is 0 Å². The Morgan fingerprint density at radius 2 is 2.07 bits per heavy atom. The fourth-order valence-electron chi connectivity index (χ4n) is 1.04. The molecule has 0 amide bonds. The molecule has 0 saturated heterocycles. The molecular weight excluding hydrogens is 217 g/mol. The van der Waals surface area contributed by atoms with E-state index in [1.807, 2.05) is 0 Å². The van der Waals surface area contributed by atoms with Gasteiger partial charge in [0.25, 0.3) is 0 Å². The molecule has 0 spiro atoms. The van der Waals surface area contributed by atoms with Gasteiger partial charge in [-0.15, -0.1) is 6.42 Å². The van der Waals surface area contributed by atoms with Gasteiger partial charge in [0.1, 0.15) is 10.7 Å². The third kappa shape index (κ3) is 2.35. The number of rotatable bonds is 3. The van der Waals surface area contributed by atoms with Gasteiger partial charge in [-0.25, -0.2) is 12.8 Å². The Hall–Kier alpha value is -1.38. The Bertz CT molecular complexity index is 490. The van der Waals surface area contributed by atoms with E-state index in [1.165, 1.54) is 25.2 Å². The third-order valence-corrected chi connectivity index (χ3v) is 3.68. The van der Waals surface area contributed by atoms with Gasteiger partial charge < -0.3 is 0 Å². The topological polar surface area (TPSA) is 37.4 Å². The molecule has 15 heavy (non-hydrogen) atoms. The first kappa shape index (κ1) is 11.7. The van der Waals surface area contributed by atoms with Crippen LogP contribution in [0.15, 0.2) is 29.2 Å². The van der Waals surface area contributed by atoms with Gasteiger partial charge in [-0.05, 0) is 12.1 Å². The predicted molar refractivity (Wildman–Crippen MR) is 55.0 cm³/mol. The predicted octanol–water partition coefficient (Wildman–Crippen LogP) is 1.08. The lowest BCUT2D eigenvalue weighted by Gasteiger charge is -2.14. The molecule has 0 heterocycles. The summed E-state index contributed by atoms with van der Waals surface area (Å²) in [6.45, 7) is -0.0866. The van der Waals surface area contributed by atoms with Crippen LogP contribution in [0, 0.1) is 18.2 Å². The molecule has 0 atom stereocenters. The van der Waals surface area contributed by atoms with E-state index in [0.717, 1.165) is 10.4 Å². The minimum atomic E-state index is -3.82. The van der Waals surface area contributed by atoms with E-state index in [4.69, 9.17) is 6.42 Å². The third-order valence-electron chi connectivity index (χ3n) is 1.84. The quantitative estimate of drug-likeness (QED) is 0.725. The van der Waals surface area contributed by atoms with E-state index in [9.17, 15) is 12.8 Å². The highest BCUT2D eigenvalue weighted by Gasteiger charge is 2.22. The van der Waals surface area contributed by atoms with Gasteiger partial charge in [-0.2, -0.15) is 4.31 Å². The molecule has 0 aliphatic carbocycles. The Morgan fingerprint density at radius 1 is 1.47 bits per heavy atom. The Balaban J connectivity index is 3.19. The fraction of sp³-hybridized carbons (Fsp3) is 0.200. The maximum absolute atomic E-state index is 13.2. The number of nitrogens with zero attached hydrogens (tertiary/aromatic N) is 1. The van der Waals surface area contributed by atoms with Crippen molar-refractivity contribution in [3.05, 3.63) is 30.1 Å². The van der Waals surface area contributed by atoms with Crippen molar-refractivity contribution in [3.8, 4) is 12.3 Å². The molecular formula is C10H10FNO2S. The lowest BCUT2D eigenvalue weighted by atomic mass is 10.4. The van der Waals surface area contributed by atoms with Gasteiger partial charge in [0.2, 0.25) is 10.0 Å². The summed E-state index contributed by atoms with van der Waals surface area (Å²) in [6.07, 6.45) is 4.99. The van der Waals surface area contributed by atoms with E-state index in [2.05, 4.69) is 5.92 Å². The summed E-state index contributed by atoms with van der Waals surface area (Å²) in [4.78, 5) is -0.359. The molecule has 0 fully saturated rings. The number of terminal acetylenes is 1. The zero-order valence-corrected chi connectivity index (χ0v) is 8.96. The summed E-state index contributed by atoms with van der Waals surface area (Å²) in [5.41, 5.74) is 0. The molecule has 0 radical (unpaired) electrons. The van der Waals surface area contributed by atoms with Crippen LogP contribution in [0.5, 0.6) is 0 Å². The van der Waals surface area contributed by atoms with E-state index in [-0.39, 0.29) is 11.4 Å². The second-order valence-electron chi connectivity index (χ2n) is 2.90. The van der Waals surface area contributed by atoms with Crippen LogP contribution in [0.4, 0.5) is 4.39 Å². The summed E-state index contributed by atoms with van der Waals surface area (Å²) in [6, 6.07) is 5.18. The van der Waals surface area contributed by atoms with Crippen LogP contribution in [0.2, 0.25) is 0 Å². The van der Waals surface area contributed by atoms with Gasteiger partial charge >= 0.3 is 0 Å². The maximum Gasteiger partial charge on any atom is 0.246 e. The van der Waals surface area contributed by atoms with Crippen LogP contribution in [-0.2, 0) is 10.0 Å². The van der Waals surface area contributed by atoms with Crippen molar-refractivity contribution in [1.82, 2.24) is 4.31 Å². The average Bonchev–Trinajstić information content (AvgIpc) is 2.18. The number of hydrogen-bond donors (Lipinski definition) is 0. The first-order valence-electron chi connectivity index (χ1n) is 4.14. The highest BCUT2D eigenvalue weighted by Crippen LogP contribution is 2.17. The molecule has 5 heteroatoms. The summed E-state index contributed by atoms with van der Waals surface area (Å²) in [7, 11) is -2.51. The van der Waals surface area contributed by atoms with Gasteiger partial charge in [0, 0.05) is 7.05 Å². The van der Waals surface area contributed by atoms with Crippen molar-refractivity contribution in [3.63, 3.8) is 0 Å². The summed E-state index contributed by atoms with van der Waals surface area (Å²) in [5, 5.41) is 0. The number of halogens is 1. The van der Waals surface area contributed by atoms with Crippen molar-refractivity contribution in [1.29, 1.82) is 0 Å². The van der Waals surface area contributed by atoms with Crippen molar-refractivity contribution in [2.75, 3.05) is 13.6 Å². The van der Waals surface area contributed by atoms with E-state index in [1.54, 1.807) is 0 Å². The second-order valence-corrected chi connectivity index (χ2v) is 4.91. The highest BCUT2D eigenvalue weighted by molar-refractivity contribution is 7.89. The standard InChI is InChI=1S/C10H10FNO2S/c1-3-8-12(2)15(13,14)10-7-5-4-6-9(10)11/h1,4-7H,8H2,2H3. The number of hydrogen-bond acceptors (Lipinski definition) is 2. The molecule has 1 aromatic carbocycles. The molecule has 0 aliphatic heterocycles. The van der Waals surface area contributed by atoms with Crippen LogP contribution in [0.25, 0.3) is 0 Å². The summed E-state index contributed by atoms with van der Waals surface area (Å²) < 4.78 is 37.6. The van der Waals surface area contributed by atoms with Crippen LogP contribution < -0.4 is 0 Å². The molecule has 3 nitrogen and oxygen atoms in total. The Kier molecular flexibility index (Phi) is 3.45. The second kappa shape index (κ2) is 4.43. The van der Waals surface area contributed by atoms with Gasteiger partial charge in [-0.3, -0.25) is 0 Å². The zero-order chi connectivity index (χ0) is 11.5. The smallest absolute Gasteiger partial charge is 0.207 e. The van der Waals surface area contributed by atoms with Crippen LogP contribution in [0.3, 0.4) is 0 Å². The Labute approximate surface area is 88.6 Å². The first-order valence-corrected chi connectivity index (χ1v) is 5.58. The van der Waals surface area contributed by atoms with E-state index < -0.39 is 15.8 Å². The number of benzene rings is 1. The molecule has 0 N–H and O–H groups in total. The molecule has 0 saturated carbocycles. The average molecular weight is 227 g/mol. The fourth-order valence-corrected chi connectivity index (χ4v) is 2.18. The van der Waals surface area contributed by atoms with Gasteiger partial charge in [0.15, 0.2) is 0 Å². The summed E-state index contributed by atoms with van der Waals surface area (Å²) >= 11 is 0. The van der Waals surface area contributed by atoms with Crippen molar-refractivity contribution in [2.45, 2.75) is 4.90 Å². The molecule has 0 unspecified atom stereocenters. The summed E-state index contributed by atoms with van der Waals surface area (Å²) in [5.74, 6) is 1.41. The lowest BCUT2D eigenvalue weighted by molar-refractivity contribution is 0.492.